The Morgan fingerprint density at radius 2 is 1.56 bits per heavy atom. The minimum atomic E-state index is -0.141. The zero-order chi connectivity index (χ0) is 18.6. The van der Waals surface area contributed by atoms with Gasteiger partial charge in [0.2, 0.25) is 0 Å². The molecule has 27 heavy (non-hydrogen) atoms. The Kier molecular flexibility index (Phi) is 4.87. The van der Waals surface area contributed by atoms with Crippen LogP contribution in [0.1, 0.15) is 16.9 Å². The fraction of sp³-hybridized carbons (Fsp3) is 0.136. The number of furan rings is 1. The maximum atomic E-state index is 9.35. The van der Waals surface area contributed by atoms with Crippen LogP contribution in [-0.4, -0.2) is 19.8 Å². The minimum Gasteiger partial charge on any atom is -0.457 e. The Morgan fingerprint density at radius 3 is 2.22 bits per heavy atom. The summed E-state index contributed by atoms with van der Waals surface area (Å²) in [5.41, 5.74) is 4.69. The third-order valence-corrected chi connectivity index (χ3v) is 4.49. The molecule has 0 aliphatic heterocycles. The molecule has 5 nitrogen and oxygen atoms in total. The van der Waals surface area contributed by atoms with Gasteiger partial charge in [-0.2, -0.15) is 0 Å². The Balaban J connectivity index is 1.77. The third-order valence-electron chi connectivity index (χ3n) is 4.49. The maximum absolute atomic E-state index is 9.35. The summed E-state index contributed by atoms with van der Waals surface area (Å²) < 4.78 is 7.85. The second kappa shape index (κ2) is 7.61. The van der Waals surface area contributed by atoms with Gasteiger partial charge in [-0.05, 0) is 23.3 Å². The van der Waals surface area contributed by atoms with Gasteiger partial charge in [0.25, 0.3) is 0 Å². The number of rotatable bonds is 6. The number of hydrogen-bond donors (Lipinski definition) is 2. The standard InChI is InChI=1S/C22H20N2O3/c25-13-17-8-6-16(7-9-17)12-24-15-23-21(18-4-2-1-3-5-18)22(24)20-11-10-19(14-26)27-20/h1-11,15,25-26H,12-14H2. The first kappa shape index (κ1) is 17.3. The lowest BCUT2D eigenvalue weighted by atomic mass is 10.1. The summed E-state index contributed by atoms with van der Waals surface area (Å²) in [6.45, 7) is 0.512. The number of imidazole rings is 1. The van der Waals surface area contributed by atoms with E-state index in [1.165, 1.54) is 0 Å². The van der Waals surface area contributed by atoms with Crippen LogP contribution in [-0.2, 0) is 19.8 Å². The molecule has 0 saturated heterocycles. The maximum Gasteiger partial charge on any atom is 0.153 e. The summed E-state index contributed by atoms with van der Waals surface area (Å²) in [7, 11) is 0. The molecule has 0 atom stereocenters. The highest BCUT2D eigenvalue weighted by molar-refractivity contribution is 5.76. The summed E-state index contributed by atoms with van der Waals surface area (Å²) in [5.74, 6) is 1.19. The van der Waals surface area contributed by atoms with E-state index in [-0.39, 0.29) is 13.2 Å². The summed E-state index contributed by atoms with van der Waals surface area (Å²) in [4.78, 5) is 4.63. The monoisotopic (exact) mass is 360 g/mol. The van der Waals surface area contributed by atoms with Crippen molar-refractivity contribution in [3.63, 3.8) is 0 Å². The van der Waals surface area contributed by atoms with E-state index < -0.39 is 0 Å². The van der Waals surface area contributed by atoms with Crippen molar-refractivity contribution in [2.45, 2.75) is 19.8 Å². The first-order valence-corrected chi connectivity index (χ1v) is 8.77. The fourth-order valence-corrected chi connectivity index (χ4v) is 3.10. The molecule has 5 heteroatoms. The molecular formula is C22H20N2O3. The zero-order valence-electron chi connectivity index (χ0n) is 14.7. The summed E-state index contributed by atoms with van der Waals surface area (Å²) in [6.07, 6.45) is 1.80. The van der Waals surface area contributed by atoms with Crippen molar-refractivity contribution in [1.82, 2.24) is 9.55 Å². The molecule has 2 N–H and O–H groups in total. The second-order valence-electron chi connectivity index (χ2n) is 6.33. The van der Waals surface area contributed by atoms with Crippen molar-refractivity contribution >= 4 is 0 Å². The van der Waals surface area contributed by atoms with Crippen LogP contribution in [0, 0.1) is 0 Å². The van der Waals surface area contributed by atoms with Crippen molar-refractivity contribution in [3.05, 3.63) is 89.9 Å². The van der Waals surface area contributed by atoms with Crippen LogP contribution in [0.2, 0.25) is 0 Å². The average Bonchev–Trinajstić information content (AvgIpc) is 3.36. The summed E-state index contributed by atoms with van der Waals surface area (Å²) in [6, 6.07) is 21.4. The molecular weight excluding hydrogens is 340 g/mol. The predicted molar refractivity (Wildman–Crippen MR) is 103 cm³/mol. The lowest BCUT2D eigenvalue weighted by molar-refractivity contribution is 0.248. The Labute approximate surface area is 157 Å². The Bertz CT molecular complexity index is 1020. The van der Waals surface area contributed by atoms with E-state index in [2.05, 4.69) is 4.98 Å². The highest BCUT2D eigenvalue weighted by Crippen LogP contribution is 2.33. The van der Waals surface area contributed by atoms with Gasteiger partial charge >= 0.3 is 0 Å². The van der Waals surface area contributed by atoms with Crippen LogP contribution in [0.3, 0.4) is 0 Å². The van der Waals surface area contributed by atoms with Gasteiger partial charge in [-0.3, -0.25) is 0 Å². The molecule has 0 unspecified atom stereocenters. The number of nitrogens with zero attached hydrogens (tertiary/aromatic N) is 2. The van der Waals surface area contributed by atoms with Crippen LogP contribution in [0.15, 0.2) is 77.5 Å². The van der Waals surface area contributed by atoms with Crippen LogP contribution in [0.4, 0.5) is 0 Å². The normalized spacial score (nSPS) is 11.0. The highest BCUT2D eigenvalue weighted by atomic mass is 16.4. The second-order valence-corrected chi connectivity index (χ2v) is 6.33. The van der Waals surface area contributed by atoms with Gasteiger partial charge in [0.1, 0.15) is 18.1 Å². The highest BCUT2D eigenvalue weighted by Gasteiger charge is 2.18. The van der Waals surface area contributed by atoms with Gasteiger partial charge < -0.3 is 19.2 Å². The number of hydrogen-bond acceptors (Lipinski definition) is 4. The molecule has 0 fully saturated rings. The molecule has 4 rings (SSSR count). The van der Waals surface area contributed by atoms with Crippen molar-refractivity contribution in [2.24, 2.45) is 0 Å². The van der Waals surface area contributed by atoms with Crippen molar-refractivity contribution in [3.8, 4) is 22.7 Å². The topological polar surface area (TPSA) is 71.4 Å². The van der Waals surface area contributed by atoms with Gasteiger partial charge in [0.05, 0.1) is 18.6 Å². The van der Waals surface area contributed by atoms with E-state index >= 15 is 0 Å². The molecule has 0 aliphatic carbocycles. The predicted octanol–water partition coefficient (Wildman–Crippen LogP) is 3.84. The van der Waals surface area contributed by atoms with Gasteiger partial charge in [0.15, 0.2) is 5.76 Å². The lowest BCUT2D eigenvalue weighted by Crippen LogP contribution is -2.01. The molecule has 0 bridgehead atoms. The Hall–Kier alpha value is -3.15. The number of aromatic nitrogens is 2. The van der Waals surface area contributed by atoms with Gasteiger partial charge in [-0.1, -0.05) is 54.6 Å². The molecule has 2 aromatic heterocycles. The van der Waals surface area contributed by atoms with Crippen molar-refractivity contribution in [1.29, 1.82) is 0 Å². The van der Waals surface area contributed by atoms with Crippen LogP contribution >= 0.6 is 0 Å². The molecule has 2 aromatic carbocycles. The molecule has 0 radical (unpaired) electrons. The molecule has 0 amide bonds. The van der Waals surface area contributed by atoms with Gasteiger partial charge in [0, 0.05) is 12.1 Å². The molecule has 0 saturated carbocycles. The van der Waals surface area contributed by atoms with Gasteiger partial charge in [-0.15, -0.1) is 0 Å². The van der Waals surface area contributed by atoms with E-state index in [0.717, 1.165) is 28.1 Å². The molecule has 0 spiro atoms. The van der Waals surface area contributed by atoms with E-state index in [9.17, 15) is 10.2 Å². The van der Waals surface area contributed by atoms with Crippen LogP contribution < -0.4 is 0 Å². The van der Waals surface area contributed by atoms with E-state index in [0.29, 0.717) is 18.1 Å². The largest absolute Gasteiger partial charge is 0.457 e. The van der Waals surface area contributed by atoms with Crippen LogP contribution in [0.25, 0.3) is 22.7 Å². The molecule has 136 valence electrons. The van der Waals surface area contributed by atoms with Gasteiger partial charge in [-0.25, -0.2) is 4.98 Å². The SMILES string of the molecule is OCc1ccc(Cn2cnc(-c3ccccc3)c2-c2ccc(CO)o2)cc1. The molecule has 4 aromatic rings. The van der Waals surface area contributed by atoms with Crippen molar-refractivity contribution < 1.29 is 14.6 Å². The molecule has 0 aliphatic rings. The lowest BCUT2D eigenvalue weighted by Gasteiger charge is -2.09. The fourth-order valence-electron chi connectivity index (χ4n) is 3.10. The minimum absolute atomic E-state index is 0.0328. The smallest absolute Gasteiger partial charge is 0.153 e. The molecule has 2 heterocycles. The van der Waals surface area contributed by atoms with Crippen molar-refractivity contribution in [2.75, 3.05) is 0 Å². The first-order chi connectivity index (χ1) is 13.3. The summed E-state index contributed by atoms with van der Waals surface area (Å²) >= 11 is 0. The van der Waals surface area contributed by atoms with E-state index in [1.807, 2.05) is 65.2 Å². The zero-order valence-corrected chi connectivity index (χ0v) is 14.7. The van der Waals surface area contributed by atoms with Crippen LogP contribution in [0.5, 0.6) is 0 Å². The third kappa shape index (κ3) is 3.56. The van der Waals surface area contributed by atoms with E-state index in [4.69, 9.17) is 4.42 Å². The average molecular weight is 360 g/mol. The number of aliphatic hydroxyl groups is 2. The Morgan fingerprint density at radius 1 is 0.815 bits per heavy atom. The van der Waals surface area contributed by atoms with E-state index in [1.54, 1.807) is 12.4 Å². The summed E-state index contributed by atoms with van der Waals surface area (Å²) in [5, 5.41) is 18.6. The number of benzene rings is 2. The number of aliphatic hydroxyl groups excluding tert-OH is 2. The quantitative estimate of drug-likeness (QED) is 0.548. The first-order valence-electron chi connectivity index (χ1n) is 8.77.